The molecule has 0 aliphatic rings. The highest BCUT2D eigenvalue weighted by Gasteiger charge is 2.09. The smallest absolute Gasteiger partial charge is 0.0595 e. The monoisotopic (exact) mass is 248 g/mol. The normalized spacial score (nSPS) is 12.8. The van der Waals surface area contributed by atoms with Crippen molar-refractivity contribution in [2.75, 3.05) is 19.7 Å². The van der Waals surface area contributed by atoms with Crippen LogP contribution in [0.1, 0.15) is 11.6 Å². The van der Waals surface area contributed by atoms with E-state index in [-0.39, 0.29) is 12.6 Å². The minimum Gasteiger partial charge on any atom is -0.395 e. The molecule has 0 heterocycles. The van der Waals surface area contributed by atoms with Crippen LogP contribution in [0.2, 0.25) is 10.0 Å². The van der Waals surface area contributed by atoms with Crippen LogP contribution < -0.4 is 11.1 Å². The lowest BCUT2D eigenvalue weighted by molar-refractivity contribution is 0.285. The zero-order chi connectivity index (χ0) is 11.3. The summed E-state index contributed by atoms with van der Waals surface area (Å²) in [6.07, 6.45) is 0. The summed E-state index contributed by atoms with van der Waals surface area (Å²) in [6, 6.07) is 5.39. The molecule has 1 aromatic rings. The van der Waals surface area contributed by atoms with E-state index in [9.17, 15) is 0 Å². The lowest BCUT2D eigenvalue weighted by atomic mass is 10.1. The van der Waals surface area contributed by atoms with Gasteiger partial charge in [-0.1, -0.05) is 29.3 Å². The maximum atomic E-state index is 8.71. The Balaban J connectivity index is 2.78. The molecule has 0 bridgehead atoms. The predicted octanol–water partition coefficient (Wildman–Crippen LogP) is 1.58. The molecule has 1 rings (SSSR count). The maximum Gasteiger partial charge on any atom is 0.0595 e. The Morgan fingerprint density at radius 1 is 1.33 bits per heavy atom. The summed E-state index contributed by atoms with van der Waals surface area (Å²) < 4.78 is 0. The molecule has 0 saturated heterocycles. The molecule has 0 amide bonds. The van der Waals surface area contributed by atoms with E-state index in [2.05, 4.69) is 5.32 Å². The van der Waals surface area contributed by atoms with Gasteiger partial charge in [0.25, 0.3) is 0 Å². The van der Waals surface area contributed by atoms with Crippen LogP contribution in [0, 0.1) is 0 Å². The van der Waals surface area contributed by atoms with E-state index in [1.807, 2.05) is 6.07 Å². The first kappa shape index (κ1) is 12.7. The fourth-order valence-electron chi connectivity index (χ4n) is 1.31. The average Bonchev–Trinajstić information content (AvgIpc) is 2.24. The van der Waals surface area contributed by atoms with Crippen molar-refractivity contribution < 1.29 is 5.11 Å². The highest BCUT2D eigenvalue weighted by Crippen LogP contribution is 2.25. The van der Waals surface area contributed by atoms with Crippen LogP contribution in [0.5, 0.6) is 0 Å². The van der Waals surface area contributed by atoms with Gasteiger partial charge in [0.1, 0.15) is 0 Å². The molecule has 0 saturated carbocycles. The highest BCUT2D eigenvalue weighted by atomic mass is 35.5. The summed E-state index contributed by atoms with van der Waals surface area (Å²) in [4.78, 5) is 0. The molecule has 15 heavy (non-hydrogen) atoms. The van der Waals surface area contributed by atoms with Crippen molar-refractivity contribution in [3.05, 3.63) is 33.8 Å². The zero-order valence-electron chi connectivity index (χ0n) is 8.21. The van der Waals surface area contributed by atoms with Crippen LogP contribution in [0.4, 0.5) is 0 Å². The summed E-state index contributed by atoms with van der Waals surface area (Å²) in [5.74, 6) is 0. The summed E-state index contributed by atoms with van der Waals surface area (Å²) in [7, 11) is 0. The topological polar surface area (TPSA) is 58.3 Å². The minimum absolute atomic E-state index is 0.00748. The molecule has 1 aromatic carbocycles. The van der Waals surface area contributed by atoms with Gasteiger partial charge in [-0.25, -0.2) is 0 Å². The van der Waals surface area contributed by atoms with Crippen molar-refractivity contribution >= 4 is 23.2 Å². The number of hydrogen-bond acceptors (Lipinski definition) is 3. The van der Waals surface area contributed by atoms with Gasteiger partial charge in [-0.2, -0.15) is 0 Å². The molecule has 0 aromatic heterocycles. The van der Waals surface area contributed by atoms with Crippen molar-refractivity contribution in [2.45, 2.75) is 6.04 Å². The van der Waals surface area contributed by atoms with E-state index in [1.165, 1.54) is 0 Å². The third-order valence-corrected chi connectivity index (χ3v) is 2.82. The minimum atomic E-state index is -0.00748. The van der Waals surface area contributed by atoms with Crippen LogP contribution in [0.3, 0.4) is 0 Å². The van der Waals surface area contributed by atoms with Crippen LogP contribution in [-0.2, 0) is 0 Å². The van der Waals surface area contributed by atoms with Crippen LogP contribution >= 0.6 is 23.2 Å². The number of rotatable bonds is 5. The van der Waals surface area contributed by atoms with Gasteiger partial charge in [-0.15, -0.1) is 0 Å². The number of nitrogens with one attached hydrogen (secondary N) is 1. The first-order chi connectivity index (χ1) is 7.19. The third kappa shape index (κ3) is 3.63. The van der Waals surface area contributed by atoms with Gasteiger partial charge in [-0.3, -0.25) is 0 Å². The summed E-state index contributed by atoms with van der Waals surface area (Å²) in [5.41, 5.74) is 6.59. The fraction of sp³-hybridized carbons (Fsp3) is 0.400. The van der Waals surface area contributed by atoms with Crippen LogP contribution in [-0.4, -0.2) is 24.8 Å². The number of aliphatic hydroxyl groups excluding tert-OH is 1. The van der Waals surface area contributed by atoms with E-state index in [0.29, 0.717) is 23.1 Å². The lowest BCUT2D eigenvalue weighted by Crippen LogP contribution is -2.30. The van der Waals surface area contributed by atoms with Gasteiger partial charge in [0.2, 0.25) is 0 Å². The Morgan fingerprint density at radius 2 is 2.07 bits per heavy atom. The second kappa shape index (κ2) is 6.30. The first-order valence-electron chi connectivity index (χ1n) is 4.68. The Morgan fingerprint density at radius 3 is 2.60 bits per heavy atom. The molecule has 0 radical (unpaired) electrons. The Bertz CT molecular complexity index is 320. The van der Waals surface area contributed by atoms with Crippen molar-refractivity contribution in [2.24, 2.45) is 5.73 Å². The van der Waals surface area contributed by atoms with E-state index < -0.39 is 0 Å². The van der Waals surface area contributed by atoms with E-state index in [1.54, 1.807) is 12.1 Å². The molecule has 4 N–H and O–H groups in total. The van der Waals surface area contributed by atoms with Gasteiger partial charge in [0.05, 0.1) is 16.7 Å². The van der Waals surface area contributed by atoms with Crippen LogP contribution in [0.25, 0.3) is 0 Å². The van der Waals surface area contributed by atoms with E-state index in [0.717, 1.165) is 5.56 Å². The third-order valence-electron chi connectivity index (χ3n) is 2.08. The second-order valence-electron chi connectivity index (χ2n) is 3.14. The number of halogens is 2. The molecule has 0 aliphatic heterocycles. The van der Waals surface area contributed by atoms with Crippen molar-refractivity contribution in [1.29, 1.82) is 0 Å². The lowest BCUT2D eigenvalue weighted by Gasteiger charge is -2.17. The van der Waals surface area contributed by atoms with Gasteiger partial charge in [0.15, 0.2) is 0 Å². The van der Waals surface area contributed by atoms with Gasteiger partial charge < -0.3 is 16.2 Å². The molecule has 1 atom stereocenters. The molecule has 1 unspecified atom stereocenters. The maximum absolute atomic E-state index is 8.71. The summed E-state index contributed by atoms with van der Waals surface area (Å²) in [6.45, 7) is 1.03. The Kier molecular flexibility index (Phi) is 5.36. The molecule has 84 valence electrons. The number of benzene rings is 1. The number of nitrogens with two attached hydrogens (primary N) is 1. The molecule has 3 nitrogen and oxygen atoms in total. The average molecular weight is 249 g/mol. The molecule has 0 fully saturated rings. The van der Waals surface area contributed by atoms with Gasteiger partial charge >= 0.3 is 0 Å². The molecule has 5 heteroatoms. The SMILES string of the molecule is NCC(NCCO)c1ccc(Cl)c(Cl)c1. The zero-order valence-corrected chi connectivity index (χ0v) is 9.72. The molecule has 0 spiro atoms. The van der Waals surface area contributed by atoms with Crippen LogP contribution in [0.15, 0.2) is 18.2 Å². The standard InChI is InChI=1S/C10H14Cl2N2O/c11-8-2-1-7(5-9(8)12)10(6-13)14-3-4-15/h1-2,5,10,14-15H,3-4,6,13H2. The number of hydrogen-bond donors (Lipinski definition) is 3. The Labute approximate surface area is 99.2 Å². The van der Waals surface area contributed by atoms with Crippen molar-refractivity contribution in [1.82, 2.24) is 5.32 Å². The summed E-state index contributed by atoms with van der Waals surface area (Å²) >= 11 is 11.7. The highest BCUT2D eigenvalue weighted by molar-refractivity contribution is 6.42. The first-order valence-corrected chi connectivity index (χ1v) is 5.44. The molecular formula is C10H14Cl2N2O. The van der Waals surface area contributed by atoms with Gasteiger partial charge in [0, 0.05) is 19.1 Å². The van der Waals surface area contributed by atoms with Crippen molar-refractivity contribution in [3.63, 3.8) is 0 Å². The molecule has 0 aliphatic carbocycles. The fourth-order valence-corrected chi connectivity index (χ4v) is 1.61. The molecular weight excluding hydrogens is 235 g/mol. The van der Waals surface area contributed by atoms with E-state index in [4.69, 9.17) is 34.0 Å². The number of aliphatic hydroxyl groups is 1. The quantitative estimate of drug-likeness (QED) is 0.742. The second-order valence-corrected chi connectivity index (χ2v) is 3.95. The summed E-state index contributed by atoms with van der Waals surface area (Å²) in [5, 5.41) is 12.8. The van der Waals surface area contributed by atoms with Gasteiger partial charge in [-0.05, 0) is 17.7 Å². The van der Waals surface area contributed by atoms with Crippen molar-refractivity contribution in [3.8, 4) is 0 Å². The Hall–Kier alpha value is -0.320. The predicted molar refractivity (Wildman–Crippen MR) is 63.3 cm³/mol. The largest absolute Gasteiger partial charge is 0.395 e. The van der Waals surface area contributed by atoms with E-state index >= 15 is 0 Å².